The molecule has 0 aliphatic carbocycles. The lowest BCUT2D eigenvalue weighted by molar-refractivity contribution is 0.601. The second kappa shape index (κ2) is 6.47. The Balaban J connectivity index is 2.03. The monoisotopic (exact) mass is 373 g/mol. The Hall–Kier alpha value is -3.02. The normalized spacial score (nSPS) is 11.0. The predicted molar refractivity (Wildman–Crippen MR) is 95.0 cm³/mol. The third-order valence-corrected chi connectivity index (χ3v) is 5.06. The third-order valence-electron chi connectivity index (χ3n) is 3.43. The van der Waals surface area contributed by atoms with E-state index in [0.717, 1.165) is 0 Å². The maximum Gasteiger partial charge on any atom is 0.261 e. The molecule has 3 rings (SSSR count). The van der Waals surface area contributed by atoms with E-state index < -0.39 is 10.0 Å². The van der Waals surface area contributed by atoms with Gasteiger partial charge in [0.1, 0.15) is 17.5 Å². The molecule has 0 aliphatic heterocycles. The van der Waals surface area contributed by atoms with E-state index in [1.165, 1.54) is 35.1 Å². The van der Waals surface area contributed by atoms with Gasteiger partial charge >= 0.3 is 0 Å². The first-order chi connectivity index (χ1) is 11.9. The molecule has 3 N–H and O–H groups in total. The lowest BCUT2D eigenvalue weighted by Gasteiger charge is -2.13. The number of halogens is 1. The zero-order valence-electron chi connectivity index (χ0n) is 12.7. The molecule has 0 radical (unpaired) electrons. The van der Waals surface area contributed by atoms with E-state index in [-0.39, 0.29) is 22.0 Å². The molecule has 0 bridgehead atoms. The van der Waals surface area contributed by atoms with Gasteiger partial charge in [-0.1, -0.05) is 23.7 Å². The summed E-state index contributed by atoms with van der Waals surface area (Å²) in [4.78, 5) is 0.0675. The van der Waals surface area contributed by atoms with Crippen LogP contribution < -0.4 is 10.5 Å². The fourth-order valence-corrected chi connectivity index (χ4v) is 3.40. The van der Waals surface area contributed by atoms with Crippen LogP contribution >= 0.6 is 11.6 Å². The van der Waals surface area contributed by atoms with Gasteiger partial charge < -0.3 is 5.73 Å². The van der Waals surface area contributed by atoms with Crippen molar-refractivity contribution in [1.29, 1.82) is 5.26 Å². The summed E-state index contributed by atoms with van der Waals surface area (Å²) in [6.45, 7) is 0. The minimum Gasteiger partial charge on any atom is -0.382 e. The van der Waals surface area contributed by atoms with Crippen molar-refractivity contribution >= 4 is 33.1 Å². The number of aromatic nitrogens is 2. The average molecular weight is 374 g/mol. The Morgan fingerprint density at radius 1 is 1.16 bits per heavy atom. The summed E-state index contributed by atoms with van der Waals surface area (Å²) in [7, 11) is -3.83. The molecule has 0 saturated carbocycles. The molecule has 2 aromatic carbocycles. The molecule has 1 aromatic heterocycles. The Morgan fingerprint density at radius 2 is 1.84 bits per heavy atom. The summed E-state index contributed by atoms with van der Waals surface area (Å²) in [5.74, 6) is 0.126. The van der Waals surface area contributed by atoms with Crippen molar-refractivity contribution in [2.75, 3.05) is 10.5 Å². The van der Waals surface area contributed by atoms with Crippen molar-refractivity contribution in [3.05, 3.63) is 65.3 Å². The van der Waals surface area contributed by atoms with Crippen LogP contribution in [0.5, 0.6) is 0 Å². The molecule has 0 atom stereocenters. The van der Waals surface area contributed by atoms with Gasteiger partial charge in [0, 0.05) is 5.02 Å². The lowest BCUT2D eigenvalue weighted by atomic mass is 10.2. The number of nitrogens with two attached hydrogens (primary N) is 1. The highest BCUT2D eigenvalue weighted by Crippen LogP contribution is 2.26. The van der Waals surface area contributed by atoms with Crippen LogP contribution in [-0.4, -0.2) is 18.2 Å². The number of nitrogens with one attached hydrogen (secondary N) is 1. The summed E-state index contributed by atoms with van der Waals surface area (Å²) in [5.41, 5.74) is 6.77. The van der Waals surface area contributed by atoms with Crippen LogP contribution in [0.15, 0.2) is 59.6 Å². The fraction of sp³-hybridized carbons (Fsp3) is 0. The molecule has 0 amide bonds. The zero-order chi connectivity index (χ0) is 18.0. The van der Waals surface area contributed by atoms with E-state index in [4.69, 9.17) is 22.6 Å². The maximum absolute atomic E-state index is 12.6. The molecule has 1 heterocycles. The highest BCUT2D eigenvalue weighted by atomic mass is 35.5. The second-order valence-corrected chi connectivity index (χ2v) is 7.16. The minimum atomic E-state index is -3.83. The largest absolute Gasteiger partial charge is 0.382 e. The minimum absolute atomic E-state index is 0.0675. The van der Waals surface area contributed by atoms with Crippen molar-refractivity contribution in [1.82, 2.24) is 9.78 Å². The Bertz CT molecular complexity index is 1070. The van der Waals surface area contributed by atoms with Gasteiger partial charge in [0.15, 0.2) is 0 Å². The van der Waals surface area contributed by atoms with Crippen molar-refractivity contribution in [2.24, 2.45) is 0 Å². The van der Waals surface area contributed by atoms with E-state index in [9.17, 15) is 8.42 Å². The first-order valence-corrected chi connectivity index (χ1v) is 8.90. The van der Waals surface area contributed by atoms with E-state index in [1.807, 2.05) is 6.07 Å². The molecule has 3 aromatic rings. The summed E-state index contributed by atoms with van der Waals surface area (Å²) < 4.78 is 29.0. The number of hydrogen-bond donors (Lipinski definition) is 2. The number of nitrogen functional groups attached to an aromatic ring is 1. The molecule has 7 nitrogen and oxygen atoms in total. The van der Waals surface area contributed by atoms with Gasteiger partial charge in [-0.05, 0) is 36.4 Å². The van der Waals surface area contributed by atoms with Gasteiger partial charge in [0.05, 0.1) is 22.5 Å². The molecular weight excluding hydrogens is 362 g/mol. The van der Waals surface area contributed by atoms with Crippen molar-refractivity contribution < 1.29 is 8.42 Å². The lowest BCUT2D eigenvalue weighted by Crippen LogP contribution is -2.15. The van der Waals surface area contributed by atoms with E-state index in [0.29, 0.717) is 10.7 Å². The van der Waals surface area contributed by atoms with E-state index in [1.54, 1.807) is 24.3 Å². The van der Waals surface area contributed by atoms with Crippen molar-refractivity contribution in [2.45, 2.75) is 4.90 Å². The van der Waals surface area contributed by atoms with Crippen LogP contribution in [0.3, 0.4) is 0 Å². The summed E-state index contributed by atoms with van der Waals surface area (Å²) >= 11 is 5.79. The summed E-state index contributed by atoms with van der Waals surface area (Å²) in [6, 6.07) is 14.3. The van der Waals surface area contributed by atoms with Crippen molar-refractivity contribution in [3.63, 3.8) is 0 Å². The number of nitrogens with zero attached hydrogens (tertiary/aromatic N) is 3. The molecular formula is C16H12ClN5O2S. The smallest absolute Gasteiger partial charge is 0.261 e. The van der Waals surface area contributed by atoms with Crippen LogP contribution in [0.2, 0.25) is 5.02 Å². The van der Waals surface area contributed by atoms with Gasteiger partial charge in [-0.3, -0.25) is 4.72 Å². The van der Waals surface area contributed by atoms with Gasteiger partial charge in [-0.15, -0.1) is 0 Å². The van der Waals surface area contributed by atoms with Crippen LogP contribution in [0.4, 0.5) is 11.5 Å². The number of nitriles is 1. The molecule has 0 aliphatic rings. The SMILES string of the molecule is N#Cc1cnn(-c2ccccc2NS(=O)(=O)c2ccc(Cl)cc2)c1N. The maximum atomic E-state index is 12.6. The Labute approximate surface area is 149 Å². The van der Waals surface area contributed by atoms with Crippen LogP contribution in [-0.2, 0) is 10.0 Å². The molecule has 25 heavy (non-hydrogen) atoms. The number of hydrogen-bond acceptors (Lipinski definition) is 5. The first kappa shape index (κ1) is 16.8. The number of anilines is 2. The molecule has 126 valence electrons. The standard InChI is InChI=1S/C16H12ClN5O2S/c17-12-5-7-13(8-6-12)25(23,24)21-14-3-1-2-4-15(14)22-16(19)11(9-18)10-20-22/h1-8,10,21H,19H2. The molecule has 0 saturated heterocycles. The quantitative estimate of drug-likeness (QED) is 0.729. The Kier molecular flexibility index (Phi) is 4.35. The highest BCUT2D eigenvalue weighted by molar-refractivity contribution is 7.92. The van der Waals surface area contributed by atoms with Crippen LogP contribution in [0, 0.1) is 11.3 Å². The molecule has 0 fully saturated rings. The van der Waals surface area contributed by atoms with Gasteiger partial charge in [0.2, 0.25) is 0 Å². The summed E-state index contributed by atoms with van der Waals surface area (Å²) in [5, 5.41) is 13.5. The highest BCUT2D eigenvalue weighted by Gasteiger charge is 2.18. The fourth-order valence-electron chi connectivity index (χ4n) is 2.20. The third kappa shape index (κ3) is 3.28. The Morgan fingerprint density at radius 3 is 2.48 bits per heavy atom. The van der Waals surface area contributed by atoms with Gasteiger partial charge in [-0.2, -0.15) is 10.4 Å². The first-order valence-electron chi connectivity index (χ1n) is 7.04. The van der Waals surface area contributed by atoms with Crippen LogP contribution in [0.1, 0.15) is 5.56 Å². The predicted octanol–water partition coefficient (Wildman–Crippen LogP) is 2.78. The zero-order valence-corrected chi connectivity index (χ0v) is 14.3. The molecule has 0 unspecified atom stereocenters. The topological polar surface area (TPSA) is 114 Å². The van der Waals surface area contributed by atoms with E-state index >= 15 is 0 Å². The number of sulfonamides is 1. The van der Waals surface area contributed by atoms with Crippen molar-refractivity contribution in [3.8, 4) is 11.8 Å². The summed E-state index contributed by atoms with van der Waals surface area (Å²) in [6.07, 6.45) is 1.32. The van der Waals surface area contributed by atoms with E-state index in [2.05, 4.69) is 9.82 Å². The molecule has 9 heteroatoms. The number of para-hydroxylation sites is 2. The average Bonchev–Trinajstić information content (AvgIpc) is 2.96. The molecule has 0 spiro atoms. The van der Waals surface area contributed by atoms with Gasteiger partial charge in [0.25, 0.3) is 10.0 Å². The van der Waals surface area contributed by atoms with Gasteiger partial charge in [-0.25, -0.2) is 13.1 Å². The van der Waals surface area contributed by atoms with Crippen LogP contribution in [0.25, 0.3) is 5.69 Å². The number of rotatable bonds is 4. The second-order valence-electron chi connectivity index (χ2n) is 5.04. The number of benzene rings is 2.